The highest BCUT2D eigenvalue weighted by Gasteiger charge is 2.34. The van der Waals surface area contributed by atoms with E-state index in [0.717, 1.165) is 29.8 Å². The van der Waals surface area contributed by atoms with E-state index >= 15 is 0 Å². The summed E-state index contributed by atoms with van der Waals surface area (Å²) in [6.45, 7) is 5.47. The first-order valence-corrected chi connectivity index (χ1v) is 12.0. The van der Waals surface area contributed by atoms with E-state index in [9.17, 15) is 9.18 Å². The zero-order chi connectivity index (χ0) is 24.9. The van der Waals surface area contributed by atoms with Crippen molar-refractivity contribution < 1.29 is 9.18 Å². The fraction of sp³-hybridized carbons (Fsp3) is 0.308. The second kappa shape index (κ2) is 8.47. The molecule has 182 valence electrons. The average molecular weight is 485 g/mol. The lowest BCUT2D eigenvalue weighted by molar-refractivity contribution is 0.102. The average Bonchev–Trinajstić information content (AvgIpc) is 3.45. The third kappa shape index (κ3) is 3.88. The summed E-state index contributed by atoms with van der Waals surface area (Å²) < 4.78 is 17.1. The van der Waals surface area contributed by atoms with Gasteiger partial charge in [-0.1, -0.05) is 6.07 Å². The van der Waals surface area contributed by atoms with Crippen LogP contribution in [0, 0.1) is 5.82 Å². The predicted molar refractivity (Wildman–Crippen MR) is 132 cm³/mol. The Morgan fingerprint density at radius 1 is 1.06 bits per heavy atom. The minimum Gasteiger partial charge on any atom is -0.336 e. The van der Waals surface area contributed by atoms with E-state index in [0.29, 0.717) is 42.8 Å². The topological polar surface area (TPSA) is 102 Å². The molecule has 2 aliphatic rings. The number of fused-ring (bicyclic) bond motifs is 2. The lowest BCUT2D eigenvalue weighted by atomic mass is 9.96. The number of nitrogens with zero attached hydrogens (tertiary/aromatic N) is 7. The summed E-state index contributed by atoms with van der Waals surface area (Å²) in [6, 6.07) is 10.1. The van der Waals surface area contributed by atoms with Gasteiger partial charge < -0.3 is 14.8 Å². The second-order valence-electron chi connectivity index (χ2n) is 9.77. The fourth-order valence-electron chi connectivity index (χ4n) is 5.00. The zero-order valence-electron chi connectivity index (χ0n) is 20.1. The van der Waals surface area contributed by atoms with E-state index in [4.69, 9.17) is 0 Å². The molecule has 0 aliphatic carbocycles. The highest BCUT2D eigenvalue weighted by molar-refractivity contribution is 6.04. The molecule has 36 heavy (non-hydrogen) atoms. The molecule has 9 nitrogen and oxygen atoms in total. The Morgan fingerprint density at radius 3 is 2.72 bits per heavy atom. The van der Waals surface area contributed by atoms with Gasteiger partial charge in [-0.3, -0.25) is 4.79 Å². The van der Waals surface area contributed by atoms with Crippen molar-refractivity contribution in [2.45, 2.75) is 45.2 Å². The Kier molecular flexibility index (Phi) is 5.24. The van der Waals surface area contributed by atoms with Crippen LogP contribution in [-0.2, 0) is 24.9 Å². The normalized spacial score (nSPS) is 15.9. The van der Waals surface area contributed by atoms with Gasteiger partial charge in [-0.05, 0) is 68.1 Å². The van der Waals surface area contributed by atoms with Crippen LogP contribution in [0.4, 0.5) is 16.2 Å². The van der Waals surface area contributed by atoms with Gasteiger partial charge in [0.1, 0.15) is 23.2 Å². The van der Waals surface area contributed by atoms with Gasteiger partial charge >= 0.3 is 0 Å². The van der Waals surface area contributed by atoms with Crippen molar-refractivity contribution in [3.8, 4) is 11.5 Å². The minimum atomic E-state index is -0.556. The molecule has 0 atom stereocenters. The Morgan fingerprint density at radius 2 is 1.89 bits per heavy atom. The molecule has 10 heteroatoms. The van der Waals surface area contributed by atoms with Gasteiger partial charge in [-0.2, -0.15) is 0 Å². The van der Waals surface area contributed by atoms with E-state index in [1.807, 2.05) is 11.0 Å². The van der Waals surface area contributed by atoms with E-state index < -0.39 is 11.7 Å². The Bertz CT molecular complexity index is 1470. The number of carbonyl (C=O) groups excluding carboxylic acids is 1. The van der Waals surface area contributed by atoms with Gasteiger partial charge in [0.2, 0.25) is 5.95 Å². The van der Waals surface area contributed by atoms with Crippen LogP contribution in [0.3, 0.4) is 0 Å². The monoisotopic (exact) mass is 484 g/mol. The molecular weight excluding hydrogens is 459 g/mol. The molecule has 0 saturated heterocycles. The fourth-order valence-corrected chi connectivity index (χ4v) is 5.00. The first-order chi connectivity index (χ1) is 17.4. The van der Waals surface area contributed by atoms with Crippen LogP contribution in [0.1, 0.15) is 47.6 Å². The van der Waals surface area contributed by atoms with Gasteiger partial charge in [0, 0.05) is 37.4 Å². The number of hydrogen-bond acceptors (Lipinski definition) is 7. The molecule has 0 saturated carbocycles. The number of halogens is 1. The molecule has 0 bridgehead atoms. The summed E-state index contributed by atoms with van der Waals surface area (Å²) in [5, 5.41) is 11.4. The van der Waals surface area contributed by atoms with Crippen LogP contribution < -0.4 is 10.2 Å². The number of amides is 1. The van der Waals surface area contributed by atoms with Crippen molar-refractivity contribution in [1.82, 2.24) is 29.7 Å². The van der Waals surface area contributed by atoms with E-state index in [1.54, 1.807) is 36.7 Å². The molecule has 1 N–H and O–H groups in total. The molecule has 4 aromatic rings. The Hall–Kier alpha value is -4.21. The van der Waals surface area contributed by atoms with Crippen LogP contribution in [0.5, 0.6) is 0 Å². The van der Waals surface area contributed by atoms with Crippen molar-refractivity contribution in [3.05, 3.63) is 77.1 Å². The van der Waals surface area contributed by atoms with Crippen LogP contribution in [0.25, 0.3) is 11.5 Å². The molecule has 0 unspecified atom stereocenters. The Labute approximate surface area is 207 Å². The number of hydrogen-bond donors (Lipinski definition) is 1. The largest absolute Gasteiger partial charge is 0.336 e. The van der Waals surface area contributed by atoms with Gasteiger partial charge in [0.05, 0.1) is 5.56 Å². The molecule has 0 fully saturated rings. The van der Waals surface area contributed by atoms with Gasteiger partial charge in [0.25, 0.3) is 5.91 Å². The van der Waals surface area contributed by atoms with Gasteiger partial charge in [-0.15, -0.1) is 10.2 Å². The van der Waals surface area contributed by atoms with Crippen LogP contribution in [0.2, 0.25) is 0 Å². The predicted octanol–water partition coefficient (Wildman–Crippen LogP) is 3.77. The summed E-state index contributed by atoms with van der Waals surface area (Å²) in [5.41, 5.74) is 2.23. The smallest absolute Gasteiger partial charge is 0.259 e. The van der Waals surface area contributed by atoms with Crippen LogP contribution >= 0.6 is 0 Å². The summed E-state index contributed by atoms with van der Waals surface area (Å²) in [5.74, 6) is 1.41. The number of carbonyl (C=O) groups is 1. The lowest BCUT2D eigenvalue weighted by Crippen LogP contribution is -2.32. The SMILES string of the molecule is CC1(C)CCc2nnc(-c3cccc(NC(=O)c4cc5c(cc4F)CCN(c4ncccn4)C5)n3)n21. The quantitative estimate of drug-likeness (QED) is 0.471. The third-order valence-corrected chi connectivity index (χ3v) is 6.90. The molecule has 5 heterocycles. The lowest BCUT2D eigenvalue weighted by Gasteiger charge is -2.29. The first kappa shape index (κ1) is 22.3. The maximum atomic E-state index is 14.9. The highest BCUT2D eigenvalue weighted by atomic mass is 19.1. The number of pyridine rings is 1. The van der Waals surface area contributed by atoms with Gasteiger partial charge in [-0.25, -0.2) is 19.3 Å². The van der Waals surface area contributed by atoms with Crippen molar-refractivity contribution in [2.75, 3.05) is 16.8 Å². The van der Waals surface area contributed by atoms with Crippen molar-refractivity contribution in [1.29, 1.82) is 0 Å². The number of aryl methyl sites for hydroxylation is 1. The van der Waals surface area contributed by atoms with Crippen LogP contribution in [0.15, 0.2) is 48.8 Å². The minimum absolute atomic E-state index is 0.0266. The molecule has 3 aromatic heterocycles. The summed E-state index contributed by atoms with van der Waals surface area (Å²) >= 11 is 0. The number of anilines is 2. The molecule has 6 rings (SSSR count). The number of benzene rings is 1. The van der Waals surface area contributed by atoms with Crippen molar-refractivity contribution in [2.24, 2.45) is 0 Å². The molecule has 0 spiro atoms. The van der Waals surface area contributed by atoms with Crippen LogP contribution in [-0.4, -0.2) is 42.2 Å². The zero-order valence-corrected chi connectivity index (χ0v) is 20.1. The summed E-state index contributed by atoms with van der Waals surface area (Å²) in [6.07, 6.45) is 5.87. The van der Waals surface area contributed by atoms with Crippen molar-refractivity contribution in [3.63, 3.8) is 0 Å². The maximum absolute atomic E-state index is 14.9. The molecule has 0 radical (unpaired) electrons. The molecule has 2 aliphatic heterocycles. The number of aromatic nitrogens is 6. The van der Waals surface area contributed by atoms with Crippen molar-refractivity contribution >= 4 is 17.7 Å². The standard InChI is InChI=1S/C26H25FN8O/c1-26(2)9-7-22-32-33-23(35(22)26)20-5-3-6-21(30-20)31-24(36)18-13-17-15-34(25-28-10-4-11-29-25)12-8-16(17)14-19(18)27/h3-6,10-11,13-14H,7-9,12,15H2,1-2H3,(H,30,31,36). The number of rotatable bonds is 4. The van der Waals surface area contributed by atoms with E-state index in [1.165, 1.54) is 6.07 Å². The van der Waals surface area contributed by atoms with E-state index in [2.05, 4.69) is 48.9 Å². The summed E-state index contributed by atoms with van der Waals surface area (Å²) in [4.78, 5) is 28.3. The second-order valence-corrected chi connectivity index (χ2v) is 9.77. The first-order valence-electron chi connectivity index (χ1n) is 12.0. The molecular formula is C26H25FN8O. The third-order valence-electron chi connectivity index (χ3n) is 6.90. The summed E-state index contributed by atoms with van der Waals surface area (Å²) in [7, 11) is 0. The van der Waals surface area contributed by atoms with E-state index in [-0.39, 0.29) is 11.1 Å². The number of nitrogens with one attached hydrogen (secondary N) is 1. The highest BCUT2D eigenvalue weighted by Crippen LogP contribution is 2.35. The van der Waals surface area contributed by atoms with Gasteiger partial charge in [0.15, 0.2) is 5.82 Å². The molecule has 1 aromatic carbocycles. The molecule has 1 amide bonds. The maximum Gasteiger partial charge on any atom is 0.259 e. The Balaban J connectivity index is 1.25.